The van der Waals surface area contributed by atoms with Gasteiger partial charge in [-0.05, 0) is 257 Å². The molecule has 0 heterocycles. The van der Waals surface area contributed by atoms with Gasteiger partial charge in [0.05, 0.1) is 12.7 Å². The number of carbonyl (C=O) groups is 3. The zero-order valence-electron chi connectivity index (χ0n) is 84.3. The molecule has 0 saturated heterocycles. The number of benzene rings is 10. The molecule has 0 radical (unpaired) electrons. The largest absolute Gasteiger partial charge is 2.00 e. The number of carbonyl (C=O) groups excluding carboxylic acids is 3. The van der Waals surface area contributed by atoms with E-state index < -0.39 is 10.9 Å². The van der Waals surface area contributed by atoms with Crippen molar-refractivity contribution >= 4 is 189 Å². The van der Waals surface area contributed by atoms with E-state index in [9.17, 15) is 19.5 Å². The molecule has 0 spiro atoms. The van der Waals surface area contributed by atoms with Gasteiger partial charge in [-0.1, -0.05) is 250 Å². The summed E-state index contributed by atoms with van der Waals surface area (Å²) in [4.78, 5) is 32.8. The van der Waals surface area contributed by atoms with Crippen LogP contribution in [-0.4, -0.2) is 127 Å². The van der Waals surface area contributed by atoms with Crippen molar-refractivity contribution in [3.8, 4) is 0 Å². The van der Waals surface area contributed by atoms with Gasteiger partial charge in [-0.15, -0.1) is 0 Å². The van der Waals surface area contributed by atoms with Crippen molar-refractivity contribution in [3.63, 3.8) is 0 Å². The molecule has 0 aliphatic heterocycles. The molecule has 12 rings (SSSR count). The van der Waals surface area contributed by atoms with Crippen molar-refractivity contribution in [1.29, 1.82) is 0 Å². The fourth-order valence-electron chi connectivity index (χ4n) is 15.3. The van der Waals surface area contributed by atoms with Crippen LogP contribution in [0.1, 0.15) is 228 Å². The number of aldehydes is 1. The average molecular weight is 2510 g/mol. The second-order valence-corrected chi connectivity index (χ2v) is 49.9. The molecule has 136 heavy (non-hydrogen) atoms. The van der Waals surface area contributed by atoms with Crippen molar-refractivity contribution in [3.05, 3.63) is 357 Å². The van der Waals surface area contributed by atoms with Crippen molar-refractivity contribution in [2.24, 2.45) is 0 Å². The maximum atomic E-state index is 11.9. The predicted octanol–water partition coefficient (Wildman–Crippen LogP) is 26.2. The molecule has 0 amide bonds. The van der Waals surface area contributed by atoms with Crippen LogP contribution < -0.4 is 58.8 Å². The van der Waals surface area contributed by atoms with Gasteiger partial charge in [-0.3, -0.25) is 9.59 Å². The third kappa shape index (κ3) is 52.1. The molecule has 0 saturated carbocycles. The maximum absolute atomic E-state index is 11.9. The van der Waals surface area contributed by atoms with Gasteiger partial charge in [0.1, 0.15) is 6.29 Å². The molecule has 0 atom stereocenters. The van der Waals surface area contributed by atoms with E-state index in [0.717, 1.165) is 153 Å². The number of ketones is 1. The Morgan fingerprint density at radius 1 is 0.478 bits per heavy atom. The number of allylic oxidation sites excluding steroid dienone is 1. The quantitative estimate of drug-likeness (QED) is 0.00394. The van der Waals surface area contributed by atoms with Crippen LogP contribution in [0, 0.1) is 14.4 Å². The van der Waals surface area contributed by atoms with Gasteiger partial charge >= 0.3 is 220 Å². The summed E-state index contributed by atoms with van der Waals surface area (Å²) in [6, 6.07) is 86.3. The minimum Gasteiger partial charge on any atom is -1.00 e. The molecule has 0 unspecified atom stereocenters. The van der Waals surface area contributed by atoms with Gasteiger partial charge in [0.2, 0.25) is 0 Å². The predicted molar refractivity (Wildman–Crippen MR) is 602 cm³/mol. The molecule has 2 aliphatic rings. The summed E-state index contributed by atoms with van der Waals surface area (Å²) in [7, 11) is 11.5. The van der Waals surface area contributed by atoms with E-state index in [4.69, 9.17) is 28.4 Å². The van der Waals surface area contributed by atoms with Crippen molar-refractivity contribution in [2.45, 2.75) is 244 Å². The molecule has 0 aromatic heterocycles. The minimum atomic E-state index is -2.88. The number of rotatable bonds is 34. The zero-order chi connectivity index (χ0) is 97.3. The summed E-state index contributed by atoms with van der Waals surface area (Å²) < 4.78 is 43.8. The van der Waals surface area contributed by atoms with Crippen molar-refractivity contribution in [1.82, 2.24) is 0 Å². The van der Waals surface area contributed by atoms with Crippen molar-refractivity contribution < 1.29 is 98.3 Å². The topological polar surface area (TPSA) is 136 Å². The Bertz CT molecular complexity index is 4820. The molecular weight excluding hydrogens is 2360 g/mol. The standard InChI is InChI=1S/C23H26BrO2P.C13H19BrO2.C13H17BrO2.C13H15BrO.C13H19BrO.C13H17Br.C12H15BrO2.C8H7BrO.C4H9.CH3.HI.Li.Mg.H2/c1-25-23(26-2)18-19-27(24,20-12-6-3-7-13-20,21-14-8-4-9-15-21)22-16-10-5-11-17-22;2*1-15-13(16-2)9-4-3-6-11-7-5-8-12(14)10-11;1-13(2)7-3-4-12(15)10-8-9(14)5-6-11(10)13;1-13(2,15)9-4-3-6-11-7-5-8-12(14)10-11;1-13(2)8-4-3-5-10-9-11(14)6-7-12(10)13;1-15-12(14)8-3-2-5-10-6-4-7-11(13)9-10;9-8-3-1-2-7(6-8)4-5-10;1-3-4-2;;;;;/h3-17,23H,18-19H2,1-2H3;5,7-8,10,13H,3-4,6,9H2,1-2H3;3-5,7-8,10,13H,6,9H2,1-2H3;5-6,8H,3-4,7H2,1-2H3;5,7-8,10,15H,3-4,6,9H2,1-2H3;6-7,9H,3-5,8H2,1-2H3;4,6-7,9H,2-3,5,8H2,1H3;1-3,5-6H,4H2;1,3-4H2,2H3;1H3;1H;;;1H/q;;;;;;;;2*-1;;+1;+2;/b;;4-3-;;;;;;;;;;;. The normalized spacial score (nSPS) is 12.8. The summed E-state index contributed by atoms with van der Waals surface area (Å²) in [5, 5.41) is 10.6. The molecule has 23 heteroatoms. The second kappa shape index (κ2) is 74.7. The molecular formula is C113H150Br8ILiMgO11P+. The van der Waals surface area contributed by atoms with Crippen LogP contribution in [0.5, 0.6) is 0 Å². The molecule has 10 aromatic carbocycles. The summed E-state index contributed by atoms with van der Waals surface area (Å²) in [5.74, 6) is 0.168. The number of aryl methyl sites for hydroxylation is 4. The van der Waals surface area contributed by atoms with E-state index in [1.54, 1.807) is 53.8 Å². The first kappa shape index (κ1) is 133. The van der Waals surface area contributed by atoms with Gasteiger partial charge in [-0.2, -0.15) is 6.42 Å². The Kier molecular flexibility index (Phi) is 72.9. The number of esters is 1. The number of halogens is 9. The fourth-order valence-corrected chi connectivity index (χ4v) is 25.7. The van der Waals surface area contributed by atoms with Crippen LogP contribution in [0.25, 0.3) is 0 Å². The second-order valence-electron chi connectivity index (χ2n) is 34.5. The first-order chi connectivity index (χ1) is 63.2. The number of Topliss-reactive ketones (excluding diaryl/α,β-unsaturated/α-hetero) is 1. The SMILES string of the molecule is CC(C)(O)CCCCc1cccc(Br)c1.CC1(C)CCCC(=O)c2cc(Br)ccc21.CC1(C)CCCCc2cc(Br)ccc21.COC(=O)CCCCc1cccc(Br)c1.COC(C/C=C\Cc1cccc(Br)c1)OC.COC(CCCCc1cccc(Br)c1)OC.COC(CCP(Br)(c1ccccc1)(c1ccccc1)c1ccccc1)OC.O=CCc1cccc(Br)c1.[CH2-]CCC.[CH3-].[H+].[HH].[I-].[Li+].[Mg+2]. The van der Waals surface area contributed by atoms with Gasteiger partial charge in [0.15, 0.2) is 18.4 Å². The molecule has 11 nitrogen and oxygen atoms in total. The fraction of sp³-hybridized carbons (Fsp3) is 0.407. The van der Waals surface area contributed by atoms with Gasteiger partial charge in [-0.25, -0.2) is 0 Å². The van der Waals surface area contributed by atoms with Crippen LogP contribution in [0.4, 0.5) is 0 Å². The Morgan fingerprint density at radius 2 is 0.853 bits per heavy atom. The summed E-state index contributed by atoms with van der Waals surface area (Å²) in [6.45, 7) is 18.6. The minimum absolute atomic E-state index is 0. The van der Waals surface area contributed by atoms with Crippen LogP contribution in [-0.2, 0) is 92.1 Å². The monoisotopic (exact) mass is 2500 g/mol. The first-order valence-electron chi connectivity index (χ1n) is 45.8. The van der Waals surface area contributed by atoms with E-state index in [1.165, 1.54) is 93.8 Å². The Labute approximate surface area is 934 Å². The molecule has 0 fully saturated rings. The Hall–Kier alpha value is -3.17. The van der Waals surface area contributed by atoms with E-state index in [2.05, 4.69) is 367 Å². The summed E-state index contributed by atoms with van der Waals surface area (Å²) >= 11 is 28.5. The third-order valence-corrected chi connectivity index (χ3v) is 36.1. The average Bonchev–Trinajstić information content (AvgIpc) is 0.728. The van der Waals surface area contributed by atoms with Gasteiger partial charge in [0, 0.05) is 92.4 Å². The third-order valence-electron chi connectivity index (χ3n) is 22.7. The van der Waals surface area contributed by atoms with Crippen LogP contribution in [0.3, 0.4) is 0 Å². The Balaban J connectivity index is -0.00000151. The number of unbranched alkanes of at least 4 members (excludes halogenated alkanes) is 4. The molecule has 1 N–H and O–H groups in total. The smallest absolute Gasteiger partial charge is 1.00 e. The van der Waals surface area contributed by atoms with Crippen molar-refractivity contribution in [2.75, 3.05) is 55.9 Å². The summed E-state index contributed by atoms with van der Waals surface area (Å²) in [6.07, 6.45) is 30.9. The number of methoxy groups -OCH3 is 7. The maximum Gasteiger partial charge on any atom is 2.00 e. The van der Waals surface area contributed by atoms with Crippen LogP contribution in [0.15, 0.2) is 292 Å². The molecule has 10 aromatic rings. The van der Waals surface area contributed by atoms with Crippen LogP contribution >= 0.6 is 132 Å². The molecule has 738 valence electrons. The molecule has 2 aliphatic carbocycles. The number of fused-ring (bicyclic) bond motifs is 2. The number of ether oxygens (including phenoxy) is 7. The Morgan fingerprint density at radius 3 is 1.26 bits per heavy atom. The van der Waals surface area contributed by atoms with Gasteiger partial charge < -0.3 is 71.9 Å². The number of aliphatic hydroxyl groups is 1. The van der Waals surface area contributed by atoms with E-state index in [0.29, 0.717) is 24.7 Å². The van der Waals surface area contributed by atoms with E-state index in [-0.39, 0.29) is 112 Å². The molecule has 0 bridgehead atoms. The number of hydrogen-bond acceptors (Lipinski definition) is 11. The summed E-state index contributed by atoms with van der Waals surface area (Å²) in [5.41, 5.74) is 11.6. The van der Waals surface area contributed by atoms with Gasteiger partial charge in [0.25, 0.3) is 0 Å². The van der Waals surface area contributed by atoms with E-state index >= 15 is 0 Å². The zero-order valence-corrected chi connectivity index (χ0v) is 100. The van der Waals surface area contributed by atoms with Crippen LogP contribution in [0.2, 0.25) is 0 Å². The van der Waals surface area contributed by atoms with E-state index in [1.807, 2.05) is 80.6 Å². The number of hydrogen-bond donors (Lipinski definition) is 1. The first-order valence-corrected chi connectivity index (χ1v) is 55.8.